The second-order valence-corrected chi connectivity index (χ2v) is 8.69. The molecule has 2 saturated heterocycles. The van der Waals surface area contributed by atoms with Gasteiger partial charge in [-0.15, -0.1) is 0 Å². The fourth-order valence-corrected chi connectivity index (χ4v) is 5.01. The predicted octanol–water partition coefficient (Wildman–Crippen LogP) is 1.69. The minimum absolute atomic E-state index is 0.0721. The Balaban J connectivity index is 1.51. The molecule has 4 heterocycles. The van der Waals surface area contributed by atoms with Crippen molar-refractivity contribution in [2.45, 2.75) is 64.5 Å². The lowest BCUT2D eigenvalue weighted by Gasteiger charge is -2.36. The van der Waals surface area contributed by atoms with Gasteiger partial charge in [-0.1, -0.05) is 13.8 Å². The fourth-order valence-electron chi connectivity index (χ4n) is 5.01. The summed E-state index contributed by atoms with van der Waals surface area (Å²) in [6, 6.07) is 0.0114. The van der Waals surface area contributed by atoms with Gasteiger partial charge >= 0.3 is 0 Å². The maximum Gasteiger partial charge on any atom is 0.276 e. The Kier molecular flexibility index (Phi) is 5.38. The predicted molar refractivity (Wildman–Crippen MR) is 106 cm³/mol. The van der Waals surface area contributed by atoms with Gasteiger partial charge in [-0.2, -0.15) is 15.4 Å². The van der Waals surface area contributed by atoms with E-state index in [1.165, 1.54) is 6.20 Å². The quantitative estimate of drug-likeness (QED) is 0.624. The summed E-state index contributed by atoms with van der Waals surface area (Å²) in [5, 5.41) is 13.4. The molecule has 29 heavy (non-hydrogen) atoms. The van der Waals surface area contributed by atoms with Crippen LogP contribution in [0.5, 0.6) is 0 Å². The third-order valence-electron chi connectivity index (χ3n) is 6.46. The Morgan fingerprint density at radius 1 is 1.34 bits per heavy atom. The van der Waals surface area contributed by atoms with Crippen LogP contribution >= 0.6 is 0 Å². The molecule has 0 aromatic carbocycles. The van der Waals surface area contributed by atoms with E-state index in [0.717, 1.165) is 37.8 Å². The van der Waals surface area contributed by atoms with Crippen molar-refractivity contribution in [3.05, 3.63) is 30.1 Å². The number of nitrogens with zero attached hydrogens (tertiary/aromatic N) is 4. The van der Waals surface area contributed by atoms with Crippen LogP contribution in [0.25, 0.3) is 0 Å². The number of H-pyrrole nitrogens is 2. The van der Waals surface area contributed by atoms with E-state index in [1.54, 1.807) is 12.5 Å². The normalized spacial score (nSPS) is 25.7. The molecule has 2 aromatic rings. The smallest absolute Gasteiger partial charge is 0.276 e. The number of hydrogen-bond donors (Lipinski definition) is 3. The molecule has 2 aliphatic heterocycles. The second kappa shape index (κ2) is 7.96. The Hall–Kier alpha value is -2.71. The van der Waals surface area contributed by atoms with Gasteiger partial charge in [0.1, 0.15) is 0 Å². The molecular weight excluding hydrogens is 370 g/mol. The summed E-state index contributed by atoms with van der Waals surface area (Å²) < 4.78 is 0. The minimum atomic E-state index is -0.527. The minimum Gasteiger partial charge on any atom is -0.355 e. The van der Waals surface area contributed by atoms with E-state index >= 15 is 0 Å². The summed E-state index contributed by atoms with van der Waals surface area (Å²) in [6.07, 6.45) is 9.87. The van der Waals surface area contributed by atoms with Crippen molar-refractivity contribution in [1.29, 1.82) is 0 Å². The maximum absolute atomic E-state index is 13.4. The van der Waals surface area contributed by atoms with E-state index < -0.39 is 5.41 Å². The molecule has 2 amide bonds. The molecule has 2 fully saturated rings. The highest BCUT2D eigenvalue weighted by molar-refractivity contribution is 5.94. The standard InChI is InChI=1S/C20H29N7O2/c1-13(2)5-7-20(19(29)22-8-6-14-10-21-12-23-14)9-15-3-4-17(20)27(15)18(28)16-11-24-26-25-16/h10-13,15,17H,3-9H2,1-2H3,(H,21,23)(H,22,29)(H,24,25,26)/t15-,17+,20+/m1/s1. The molecule has 0 saturated carbocycles. The molecular formula is C20H29N7O2. The van der Waals surface area contributed by atoms with Crippen LogP contribution in [-0.2, 0) is 11.2 Å². The molecule has 0 radical (unpaired) electrons. The highest BCUT2D eigenvalue weighted by Crippen LogP contribution is 2.53. The molecule has 9 nitrogen and oxygen atoms in total. The number of aromatic nitrogens is 5. The molecule has 9 heteroatoms. The topological polar surface area (TPSA) is 120 Å². The summed E-state index contributed by atoms with van der Waals surface area (Å²) in [6.45, 7) is 4.91. The largest absolute Gasteiger partial charge is 0.355 e. The molecule has 0 unspecified atom stereocenters. The van der Waals surface area contributed by atoms with Gasteiger partial charge in [-0.05, 0) is 38.0 Å². The van der Waals surface area contributed by atoms with Crippen molar-refractivity contribution in [2.24, 2.45) is 11.3 Å². The lowest BCUT2D eigenvalue weighted by atomic mass is 9.69. The number of hydrogen-bond acceptors (Lipinski definition) is 5. The Morgan fingerprint density at radius 2 is 2.21 bits per heavy atom. The first kappa shape index (κ1) is 19.6. The average molecular weight is 399 g/mol. The zero-order valence-corrected chi connectivity index (χ0v) is 17.0. The number of carbonyl (C=O) groups excluding carboxylic acids is 2. The molecule has 2 aromatic heterocycles. The van der Waals surface area contributed by atoms with Crippen molar-refractivity contribution in [3.63, 3.8) is 0 Å². The number of fused-ring (bicyclic) bond motifs is 2. The SMILES string of the molecule is CC(C)CC[C@]1(C(=O)NCCc2cnc[nH]2)C[C@H]2CC[C@@H]1N2C(=O)c1cn[nH]n1. The van der Waals surface area contributed by atoms with Gasteiger partial charge in [0.2, 0.25) is 5.91 Å². The molecule has 0 aliphatic carbocycles. The highest BCUT2D eigenvalue weighted by atomic mass is 16.2. The lowest BCUT2D eigenvalue weighted by Crippen LogP contribution is -2.50. The Labute approximate surface area is 170 Å². The molecule has 2 aliphatic rings. The third-order valence-corrected chi connectivity index (χ3v) is 6.46. The van der Waals surface area contributed by atoms with Crippen LogP contribution in [0.1, 0.15) is 62.1 Å². The third kappa shape index (κ3) is 3.65. The molecule has 0 spiro atoms. The first-order valence-electron chi connectivity index (χ1n) is 10.5. The summed E-state index contributed by atoms with van der Waals surface area (Å²) in [5.74, 6) is 0.453. The van der Waals surface area contributed by atoms with Gasteiger partial charge in [-0.25, -0.2) is 4.98 Å². The van der Waals surface area contributed by atoms with E-state index in [1.807, 2.05) is 4.90 Å². The second-order valence-electron chi connectivity index (χ2n) is 8.69. The number of aromatic amines is 2. The monoisotopic (exact) mass is 399 g/mol. The Bertz CT molecular complexity index is 833. The van der Waals surface area contributed by atoms with Crippen LogP contribution in [0.4, 0.5) is 0 Å². The van der Waals surface area contributed by atoms with Crippen LogP contribution < -0.4 is 5.32 Å². The molecule has 3 N–H and O–H groups in total. The van der Waals surface area contributed by atoms with Crippen molar-refractivity contribution in [3.8, 4) is 0 Å². The summed E-state index contributed by atoms with van der Waals surface area (Å²) in [4.78, 5) is 35.5. The fraction of sp³-hybridized carbons (Fsp3) is 0.650. The summed E-state index contributed by atoms with van der Waals surface area (Å²) in [7, 11) is 0. The molecule has 3 atom stereocenters. The van der Waals surface area contributed by atoms with E-state index in [0.29, 0.717) is 24.6 Å². The number of nitrogens with one attached hydrogen (secondary N) is 3. The molecule has 4 rings (SSSR count). The zero-order valence-electron chi connectivity index (χ0n) is 17.0. The first-order chi connectivity index (χ1) is 14.0. The van der Waals surface area contributed by atoms with Crippen LogP contribution in [0.3, 0.4) is 0 Å². The number of rotatable bonds is 8. The van der Waals surface area contributed by atoms with Crippen molar-refractivity contribution in [2.75, 3.05) is 6.54 Å². The summed E-state index contributed by atoms with van der Waals surface area (Å²) in [5.41, 5.74) is 0.791. The van der Waals surface area contributed by atoms with E-state index in [9.17, 15) is 9.59 Å². The van der Waals surface area contributed by atoms with E-state index in [2.05, 4.69) is 44.5 Å². The highest BCUT2D eigenvalue weighted by Gasteiger charge is 2.60. The molecule has 2 bridgehead atoms. The number of carbonyl (C=O) groups is 2. The van der Waals surface area contributed by atoms with Crippen molar-refractivity contribution >= 4 is 11.8 Å². The van der Waals surface area contributed by atoms with Crippen LogP contribution in [-0.4, -0.2) is 60.7 Å². The van der Waals surface area contributed by atoms with Crippen LogP contribution in [0.15, 0.2) is 18.7 Å². The average Bonchev–Trinajstić information content (AvgIpc) is 3.50. The summed E-state index contributed by atoms with van der Waals surface area (Å²) >= 11 is 0. The van der Waals surface area contributed by atoms with Gasteiger partial charge in [0, 0.05) is 36.9 Å². The van der Waals surface area contributed by atoms with Crippen LogP contribution in [0, 0.1) is 11.3 Å². The van der Waals surface area contributed by atoms with E-state index in [-0.39, 0.29) is 23.9 Å². The number of imidazole rings is 1. The maximum atomic E-state index is 13.4. The first-order valence-corrected chi connectivity index (χ1v) is 10.5. The van der Waals surface area contributed by atoms with Gasteiger partial charge in [0.25, 0.3) is 5.91 Å². The van der Waals surface area contributed by atoms with Crippen molar-refractivity contribution in [1.82, 2.24) is 35.6 Å². The zero-order chi connectivity index (χ0) is 20.4. The van der Waals surface area contributed by atoms with Crippen molar-refractivity contribution < 1.29 is 9.59 Å². The van der Waals surface area contributed by atoms with Gasteiger partial charge in [-0.3, -0.25) is 9.59 Å². The molecule has 156 valence electrons. The van der Waals surface area contributed by atoms with Gasteiger partial charge in [0.15, 0.2) is 5.69 Å². The van der Waals surface area contributed by atoms with Gasteiger partial charge < -0.3 is 15.2 Å². The van der Waals surface area contributed by atoms with Crippen LogP contribution in [0.2, 0.25) is 0 Å². The lowest BCUT2D eigenvalue weighted by molar-refractivity contribution is -0.133. The Morgan fingerprint density at radius 3 is 2.90 bits per heavy atom. The van der Waals surface area contributed by atoms with Gasteiger partial charge in [0.05, 0.1) is 17.9 Å². The van der Waals surface area contributed by atoms with E-state index in [4.69, 9.17) is 0 Å². The number of amides is 2.